The van der Waals surface area contributed by atoms with Gasteiger partial charge in [-0.3, -0.25) is 0 Å². The van der Waals surface area contributed by atoms with Gasteiger partial charge in [0.05, 0.1) is 5.69 Å². The molecule has 0 saturated carbocycles. The minimum Gasteiger partial charge on any atom is -0.477 e. The Hall–Kier alpha value is -2.04. The number of rotatable bonds is 1. The minimum atomic E-state index is -1.07. The number of hydrogen-bond donors (Lipinski definition) is 3. The highest BCUT2D eigenvalue weighted by Gasteiger charge is 2.14. The van der Waals surface area contributed by atoms with Gasteiger partial charge < -0.3 is 15.8 Å². The van der Waals surface area contributed by atoms with E-state index in [-0.39, 0.29) is 11.4 Å². The molecule has 4 nitrogen and oxygen atoms in total. The third-order valence-corrected chi connectivity index (χ3v) is 2.39. The molecule has 15 heavy (non-hydrogen) atoms. The summed E-state index contributed by atoms with van der Waals surface area (Å²) in [5, 5.41) is 9.48. The van der Waals surface area contributed by atoms with Gasteiger partial charge in [0.15, 0.2) is 0 Å². The summed E-state index contributed by atoms with van der Waals surface area (Å²) in [5.41, 5.74) is 6.48. The fraction of sp³-hybridized carbons (Fsp3) is 0.100. The molecular weight excluding hydrogens is 199 g/mol. The molecule has 78 valence electrons. The maximum Gasteiger partial charge on any atom is 0.352 e. The Labute approximate surface area is 84.5 Å². The molecule has 5 heteroatoms. The number of fused-ring (bicyclic) bond motifs is 1. The SMILES string of the molecule is Cc1c(C(=O)O)[nH]c2cc(F)c(N)cc12. The van der Waals surface area contributed by atoms with E-state index in [9.17, 15) is 9.18 Å². The summed E-state index contributed by atoms with van der Waals surface area (Å²) in [6.07, 6.45) is 0. The van der Waals surface area contributed by atoms with Crippen LogP contribution in [-0.4, -0.2) is 16.1 Å². The maximum atomic E-state index is 13.1. The van der Waals surface area contributed by atoms with E-state index in [1.165, 1.54) is 12.1 Å². The zero-order chi connectivity index (χ0) is 11.2. The zero-order valence-electron chi connectivity index (χ0n) is 7.97. The molecule has 2 aromatic rings. The smallest absolute Gasteiger partial charge is 0.352 e. The van der Waals surface area contributed by atoms with E-state index in [1.807, 2.05) is 0 Å². The molecular formula is C10H9FN2O2. The molecule has 0 amide bonds. The first kappa shape index (κ1) is 9.51. The van der Waals surface area contributed by atoms with Crippen LogP contribution in [-0.2, 0) is 0 Å². The van der Waals surface area contributed by atoms with E-state index >= 15 is 0 Å². The fourth-order valence-electron chi connectivity index (χ4n) is 1.58. The lowest BCUT2D eigenvalue weighted by Gasteiger charge is -1.96. The van der Waals surface area contributed by atoms with Crippen molar-refractivity contribution in [1.29, 1.82) is 0 Å². The number of aromatic nitrogens is 1. The second kappa shape index (κ2) is 2.98. The Morgan fingerprint density at radius 2 is 2.20 bits per heavy atom. The predicted molar refractivity (Wildman–Crippen MR) is 54.4 cm³/mol. The summed E-state index contributed by atoms with van der Waals surface area (Å²) < 4.78 is 13.1. The lowest BCUT2D eigenvalue weighted by atomic mass is 10.1. The lowest BCUT2D eigenvalue weighted by molar-refractivity contribution is 0.0691. The quantitative estimate of drug-likeness (QED) is 0.626. The van der Waals surface area contributed by atoms with E-state index in [0.717, 1.165) is 0 Å². The van der Waals surface area contributed by atoms with Crippen LogP contribution in [0.15, 0.2) is 12.1 Å². The molecule has 0 aliphatic rings. The number of carbonyl (C=O) groups is 1. The summed E-state index contributed by atoms with van der Waals surface area (Å²) >= 11 is 0. The van der Waals surface area contributed by atoms with Crippen molar-refractivity contribution in [2.24, 2.45) is 0 Å². The molecule has 4 N–H and O–H groups in total. The van der Waals surface area contributed by atoms with Crippen LogP contribution in [0, 0.1) is 12.7 Å². The Morgan fingerprint density at radius 1 is 1.53 bits per heavy atom. The molecule has 0 spiro atoms. The number of H-pyrrole nitrogens is 1. The van der Waals surface area contributed by atoms with Crippen LogP contribution in [0.5, 0.6) is 0 Å². The van der Waals surface area contributed by atoms with Gasteiger partial charge in [0, 0.05) is 17.0 Å². The normalized spacial score (nSPS) is 10.8. The number of nitrogens with one attached hydrogen (secondary N) is 1. The van der Waals surface area contributed by atoms with Gasteiger partial charge in [-0.25, -0.2) is 9.18 Å². The predicted octanol–water partition coefficient (Wildman–Crippen LogP) is 1.90. The molecule has 0 saturated heterocycles. The molecule has 1 aromatic heterocycles. The summed E-state index contributed by atoms with van der Waals surface area (Å²) in [6, 6.07) is 2.63. The third-order valence-electron chi connectivity index (χ3n) is 2.39. The van der Waals surface area contributed by atoms with Gasteiger partial charge >= 0.3 is 5.97 Å². The second-order valence-corrected chi connectivity index (χ2v) is 3.35. The number of aromatic carboxylic acids is 1. The van der Waals surface area contributed by atoms with Crippen molar-refractivity contribution in [1.82, 2.24) is 4.98 Å². The van der Waals surface area contributed by atoms with E-state index in [0.29, 0.717) is 16.5 Å². The van der Waals surface area contributed by atoms with Gasteiger partial charge in [0.1, 0.15) is 11.5 Å². The average Bonchev–Trinajstić information content (AvgIpc) is 2.46. The van der Waals surface area contributed by atoms with Crippen molar-refractivity contribution in [3.63, 3.8) is 0 Å². The molecule has 0 fully saturated rings. The molecule has 0 atom stereocenters. The largest absolute Gasteiger partial charge is 0.477 e. The van der Waals surface area contributed by atoms with Crippen LogP contribution >= 0.6 is 0 Å². The first-order valence-electron chi connectivity index (χ1n) is 4.31. The van der Waals surface area contributed by atoms with Crippen molar-refractivity contribution >= 4 is 22.6 Å². The Balaban J connectivity index is 2.83. The van der Waals surface area contributed by atoms with E-state index in [1.54, 1.807) is 6.92 Å². The van der Waals surface area contributed by atoms with Gasteiger partial charge in [-0.15, -0.1) is 0 Å². The van der Waals surface area contributed by atoms with Crippen molar-refractivity contribution < 1.29 is 14.3 Å². The average molecular weight is 208 g/mol. The Bertz CT molecular complexity index is 560. The molecule has 0 aliphatic carbocycles. The summed E-state index contributed by atoms with van der Waals surface area (Å²) in [5.74, 6) is -1.62. The number of benzene rings is 1. The summed E-state index contributed by atoms with van der Waals surface area (Å²) in [6.45, 7) is 1.65. The van der Waals surface area contributed by atoms with E-state index in [2.05, 4.69) is 4.98 Å². The van der Waals surface area contributed by atoms with Gasteiger partial charge in [-0.2, -0.15) is 0 Å². The number of carboxylic acid groups (broad SMARTS) is 1. The van der Waals surface area contributed by atoms with Crippen molar-refractivity contribution in [2.75, 3.05) is 5.73 Å². The maximum absolute atomic E-state index is 13.1. The highest BCUT2D eigenvalue weighted by atomic mass is 19.1. The molecule has 1 aromatic carbocycles. The van der Waals surface area contributed by atoms with Crippen LogP contribution in [0.25, 0.3) is 10.9 Å². The molecule has 1 heterocycles. The molecule has 0 radical (unpaired) electrons. The number of carboxylic acids is 1. The molecule has 0 unspecified atom stereocenters. The number of halogens is 1. The third kappa shape index (κ3) is 1.32. The molecule has 0 aliphatic heterocycles. The summed E-state index contributed by atoms with van der Waals surface area (Å²) in [7, 11) is 0. The van der Waals surface area contributed by atoms with Crippen LogP contribution in [0.4, 0.5) is 10.1 Å². The number of aryl methyl sites for hydroxylation is 1. The van der Waals surface area contributed by atoms with Crippen molar-refractivity contribution in [3.05, 3.63) is 29.2 Å². The van der Waals surface area contributed by atoms with E-state index in [4.69, 9.17) is 10.8 Å². The first-order chi connectivity index (χ1) is 7.00. The first-order valence-corrected chi connectivity index (χ1v) is 4.31. The van der Waals surface area contributed by atoms with Gasteiger partial charge in [0.25, 0.3) is 0 Å². The standard InChI is InChI=1S/C10H9FN2O2/c1-4-5-2-7(12)6(11)3-8(5)13-9(4)10(14)15/h2-3,13H,12H2,1H3,(H,14,15). The minimum absolute atomic E-state index is 0.0153. The Morgan fingerprint density at radius 3 is 2.80 bits per heavy atom. The number of hydrogen-bond acceptors (Lipinski definition) is 2. The lowest BCUT2D eigenvalue weighted by Crippen LogP contribution is -1.97. The highest BCUT2D eigenvalue weighted by molar-refractivity contribution is 5.98. The van der Waals surface area contributed by atoms with Crippen LogP contribution in [0.1, 0.15) is 16.1 Å². The van der Waals surface area contributed by atoms with Crippen LogP contribution in [0.3, 0.4) is 0 Å². The number of anilines is 1. The number of nitrogen functional groups attached to an aromatic ring is 1. The highest BCUT2D eigenvalue weighted by Crippen LogP contribution is 2.25. The van der Waals surface area contributed by atoms with Crippen molar-refractivity contribution in [3.8, 4) is 0 Å². The number of nitrogens with two attached hydrogens (primary N) is 1. The van der Waals surface area contributed by atoms with Gasteiger partial charge in [0.2, 0.25) is 0 Å². The summed E-state index contributed by atoms with van der Waals surface area (Å²) in [4.78, 5) is 13.4. The van der Waals surface area contributed by atoms with Gasteiger partial charge in [-0.1, -0.05) is 0 Å². The second-order valence-electron chi connectivity index (χ2n) is 3.35. The molecule has 2 rings (SSSR count). The van der Waals surface area contributed by atoms with Gasteiger partial charge in [-0.05, 0) is 18.6 Å². The van der Waals surface area contributed by atoms with Crippen molar-refractivity contribution in [2.45, 2.75) is 6.92 Å². The van der Waals surface area contributed by atoms with Crippen LogP contribution in [0.2, 0.25) is 0 Å². The monoisotopic (exact) mass is 208 g/mol. The number of aromatic amines is 1. The topological polar surface area (TPSA) is 79.1 Å². The Kier molecular flexibility index (Phi) is 1.89. The fourth-order valence-corrected chi connectivity index (χ4v) is 1.58. The van der Waals surface area contributed by atoms with Crippen LogP contribution < -0.4 is 5.73 Å². The molecule has 0 bridgehead atoms. The van der Waals surface area contributed by atoms with E-state index < -0.39 is 11.8 Å². The zero-order valence-corrected chi connectivity index (χ0v) is 7.97.